The van der Waals surface area contributed by atoms with Gasteiger partial charge in [-0.3, -0.25) is 14.4 Å². The smallest absolute Gasteiger partial charge is 0.307 e. The van der Waals surface area contributed by atoms with Gasteiger partial charge < -0.3 is 10.1 Å². The van der Waals surface area contributed by atoms with E-state index < -0.39 is 17.9 Å². The number of carbonyl (C=O) groups is 3. The summed E-state index contributed by atoms with van der Waals surface area (Å²) in [6, 6.07) is 15.0. The van der Waals surface area contributed by atoms with Gasteiger partial charge in [-0.2, -0.15) is 0 Å². The van der Waals surface area contributed by atoms with Crippen LogP contribution in [0, 0.1) is 5.82 Å². The molecule has 0 aliphatic carbocycles. The standard InChI is InChI=1S/C23H26FNO4/c1-16(8-9-18-6-4-3-5-7-18)25-23(28)17(2)29-22(27)15-14-21(26)19-10-12-20(24)13-11-19/h3-7,10-13,16-17H,8-9,14-15H2,1-2H3,(H,25,28)/t16-,17+/m1/s1. The van der Waals surface area contributed by atoms with Gasteiger partial charge in [0.05, 0.1) is 6.42 Å². The molecule has 2 aromatic rings. The molecule has 2 aromatic carbocycles. The van der Waals surface area contributed by atoms with Gasteiger partial charge in [0.1, 0.15) is 5.82 Å². The average Bonchev–Trinajstić information content (AvgIpc) is 2.71. The topological polar surface area (TPSA) is 72.5 Å². The van der Waals surface area contributed by atoms with Crippen LogP contribution in [0.3, 0.4) is 0 Å². The van der Waals surface area contributed by atoms with Crippen LogP contribution in [-0.2, 0) is 20.7 Å². The molecule has 0 unspecified atom stereocenters. The van der Waals surface area contributed by atoms with Crippen molar-refractivity contribution in [2.45, 2.75) is 51.7 Å². The lowest BCUT2D eigenvalue weighted by Crippen LogP contribution is -2.41. The third-order valence-electron chi connectivity index (χ3n) is 4.50. The van der Waals surface area contributed by atoms with Crippen molar-refractivity contribution in [2.75, 3.05) is 0 Å². The molecule has 2 rings (SSSR count). The number of ether oxygens (including phenoxy) is 1. The van der Waals surface area contributed by atoms with Gasteiger partial charge in [-0.05, 0) is 56.5 Å². The molecule has 0 aliphatic heterocycles. The number of halogens is 1. The molecule has 0 aromatic heterocycles. The number of rotatable bonds is 10. The second-order valence-electron chi connectivity index (χ2n) is 7.00. The fourth-order valence-electron chi connectivity index (χ4n) is 2.77. The lowest BCUT2D eigenvalue weighted by molar-refractivity contribution is -0.155. The van der Waals surface area contributed by atoms with E-state index in [1.54, 1.807) is 0 Å². The molecule has 154 valence electrons. The maximum atomic E-state index is 12.9. The van der Waals surface area contributed by atoms with E-state index in [9.17, 15) is 18.8 Å². The molecule has 1 N–H and O–H groups in total. The first-order valence-electron chi connectivity index (χ1n) is 9.67. The summed E-state index contributed by atoms with van der Waals surface area (Å²) in [5.74, 6) is -1.71. The van der Waals surface area contributed by atoms with Gasteiger partial charge in [0.15, 0.2) is 11.9 Å². The normalized spacial score (nSPS) is 12.7. The van der Waals surface area contributed by atoms with E-state index in [4.69, 9.17) is 4.74 Å². The fourth-order valence-corrected chi connectivity index (χ4v) is 2.77. The maximum absolute atomic E-state index is 12.9. The van der Waals surface area contributed by atoms with Crippen LogP contribution in [0.1, 0.15) is 49.0 Å². The second kappa shape index (κ2) is 11.1. The van der Waals surface area contributed by atoms with Crippen LogP contribution >= 0.6 is 0 Å². The first-order chi connectivity index (χ1) is 13.8. The first-order valence-corrected chi connectivity index (χ1v) is 9.67. The number of hydrogen-bond acceptors (Lipinski definition) is 4. The molecule has 0 radical (unpaired) electrons. The molecule has 0 spiro atoms. The quantitative estimate of drug-likeness (QED) is 0.486. The third-order valence-corrected chi connectivity index (χ3v) is 4.50. The summed E-state index contributed by atoms with van der Waals surface area (Å²) in [6.45, 7) is 3.40. The van der Waals surface area contributed by atoms with Crippen molar-refractivity contribution in [3.05, 3.63) is 71.5 Å². The van der Waals surface area contributed by atoms with E-state index in [2.05, 4.69) is 5.32 Å². The molecule has 5 nitrogen and oxygen atoms in total. The Morgan fingerprint density at radius 1 is 0.966 bits per heavy atom. The predicted molar refractivity (Wildman–Crippen MR) is 108 cm³/mol. The third kappa shape index (κ3) is 7.86. The maximum Gasteiger partial charge on any atom is 0.307 e. The van der Waals surface area contributed by atoms with Crippen LogP contribution in [0.4, 0.5) is 4.39 Å². The minimum Gasteiger partial charge on any atom is -0.453 e. The summed E-state index contributed by atoms with van der Waals surface area (Å²) in [4.78, 5) is 36.1. The van der Waals surface area contributed by atoms with Crippen molar-refractivity contribution in [3.63, 3.8) is 0 Å². The van der Waals surface area contributed by atoms with E-state index in [1.165, 1.54) is 36.8 Å². The molecular formula is C23H26FNO4. The van der Waals surface area contributed by atoms with Crippen molar-refractivity contribution in [1.29, 1.82) is 0 Å². The SMILES string of the molecule is C[C@H](CCc1ccccc1)NC(=O)[C@H](C)OC(=O)CCC(=O)c1ccc(F)cc1. The molecule has 0 saturated heterocycles. The number of amides is 1. The van der Waals surface area contributed by atoms with E-state index >= 15 is 0 Å². The van der Waals surface area contributed by atoms with Gasteiger partial charge in [-0.15, -0.1) is 0 Å². The van der Waals surface area contributed by atoms with Crippen LogP contribution in [-0.4, -0.2) is 29.8 Å². The van der Waals surface area contributed by atoms with Crippen LogP contribution in [0.2, 0.25) is 0 Å². The minimum absolute atomic E-state index is 0.0632. The van der Waals surface area contributed by atoms with E-state index in [0.717, 1.165) is 12.8 Å². The number of esters is 1. The Morgan fingerprint density at radius 2 is 1.62 bits per heavy atom. The zero-order valence-electron chi connectivity index (χ0n) is 16.7. The summed E-state index contributed by atoms with van der Waals surface area (Å²) in [7, 11) is 0. The highest BCUT2D eigenvalue weighted by atomic mass is 19.1. The highest BCUT2D eigenvalue weighted by molar-refractivity contribution is 5.97. The van der Waals surface area contributed by atoms with Crippen molar-refractivity contribution in [1.82, 2.24) is 5.32 Å². The molecule has 0 fully saturated rings. The Hall–Kier alpha value is -3.02. The summed E-state index contributed by atoms with van der Waals surface area (Å²) in [6.07, 6.45) is 0.455. The summed E-state index contributed by atoms with van der Waals surface area (Å²) < 4.78 is 18.0. The number of benzene rings is 2. The fraction of sp³-hybridized carbons (Fsp3) is 0.348. The number of ketones is 1. The zero-order chi connectivity index (χ0) is 21.2. The van der Waals surface area contributed by atoms with Gasteiger partial charge in [0, 0.05) is 18.0 Å². The highest BCUT2D eigenvalue weighted by Crippen LogP contribution is 2.09. The monoisotopic (exact) mass is 399 g/mol. The van der Waals surface area contributed by atoms with E-state index in [-0.39, 0.29) is 30.6 Å². The molecule has 0 saturated carbocycles. The van der Waals surface area contributed by atoms with Crippen molar-refractivity contribution < 1.29 is 23.5 Å². The summed E-state index contributed by atoms with van der Waals surface area (Å²) >= 11 is 0. The lowest BCUT2D eigenvalue weighted by atomic mass is 10.1. The number of hydrogen-bond donors (Lipinski definition) is 1. The lowest BCUT2D eigenvalue weighted by Gasteiger charge is -2.18. The Labute approximate surface area is 170 Å². The molecule has 29 heavy (non-hydrogen) atoms. The molecule has 6 heteroatoms. The highest BCUT2D eigenvalue weighted by Gasteiger charge is 2.20. The van der Waals surface area contributed by atoms with Crippen molar-refractivity contribution in [3.8, 4) is 0 Å². The van der Waals surface area contributed by atoms with Gasteiger partial charge in [0.25, 0.3) is 5.91 Å². The molecule has 0 aliphatic rings. The average molecular weight is 399 g/mol. The molecule has 0 bridgehead atoms. The van der Waals surface area contributed by atoms with Gasteiger partial charge in [-0.1, -0.05) is 30.3 Å². The molecule has 0 heterocycles. The minimum atomic E-state index is -0.942. The Bertz CT molecular complexity index is 821. The zero-order valence-corrected chi connectivity index (χ0v) is 16.7. The Kier molecular flexibility index (Phi) is 8.52. The molecule has 1 amide bonds. The predicted octanol–water partition coefficient (Wildman–Crippen LogP) is 3.86. The van der Waals surface area contributed by atoms with Gasteiger partial charge in [-0.25, -0.2) is 4.39 Å². The first kappa shape index (κ1) is 22.3. The Balaban J connectivity index is 1.70. The molecular weight excluding hydrogens is 373 g/mol. The second-order valence-corrected chi connectivity index (χ2v) is 7.00. The molecule has 2 atom stereocenters. The van der Waals surface area contributed by atoms with Gasteiger partial charge in [0.2, 0.25) is 0 Å². The number of aryl methyl sites for hydroxylation is 1. The van der Waals surface area contributed by atoms with Crippen LogP contribution in [0.15, 0.2) is 54.6 Å². The van der Waals surface area contributed by atoms with Crippen LogP contribution in [0.25, 0.3) is 0 Å². The number of Topliss-reactive ketones (excluding diaryl/α,β-unsaturated/α-hetero) is 1. The van der Waals surface area contributed by atoms with Crippen molar-refractivity contribution in [2.24, 2.45) is 0 Å². The van der Waals surface area contributed by atoms with E-state index in [1.807, 2.05) is 37.3 Å². The Morgan fingerprint density at radius 3 is 2.28 bits per heavy atom. The number of carbonyl (C=O) groups excluding carboxylic acids is 3. The van der Waals surface area contributed by atoms with Crippen molar-refractivity contribution >= 4 is 17.7 Å². The summed E-state index contributed by atoms with van der Waals surface area (Å²) in [5, 5.41) is 2.83. The van der Waals surface area contributed by atoms with Crippen LogP contribution < -0.4 is 5.32 Å². The largest absolute Gasteiger partial charge is 0.453 e. The van der Waals surface area contributed by atoms with Crippen LogP contribution in [0.5, 0.6) is 0 Å². The van der Waals surface area contributed by atoms with Gasteiger partial charge >= 0.3 is 5.97 Å². The van der Waals surface area contributed by atoms with E-state index in [0.29, 0.717) is 5.56 Å². The number of nitrogens with one attached hydrogen (secondary N) is 1. The summed E-state index contributed by atoms with van der Waals surface area (Å²) in [5.41, 5.74) is 1.52.